The van der Waals surface area contributed by atoms with Gasteiger partial charge in [0, 0.05) is 11.1 Å². The summed E-state index contributed by atoms with van der Waals surface area (Å²) in [5.74, 6) is -1.21. The Hall–Kier alpha value is -1.62. The molecule has 0 aromatic heterocycles. The van der Waals surface area contributed by atoms with E-state index in [9.17, 15) is 9.59 Å². The van der Waals surface area contributed by atoms with E-state index in [2.05, 4.69) is 13.2 Å². The quantitative estimate of drug-likeness (QED) is 0.445. The van der Waals surface area contributed by atoms with Crippen LogP contribution in [0, 0.1) is 0 Å². The maximum atomic E-state index is 11.3. The van der Waals surface area contributed by atoms with E-state index in [-0.39, 0.29) is 11.1 Å². The van der Waals surface area contributed by atoms with Crippen LogP contribution in [0.5, 0.6) is 0 Å². The molecule has 0 saturated carbocycles. The number of carbonyl (C=O) groups is 2. The van der Waals surface area contributed by atoms with Crippen LogP contribution >= 0.6 is 0 Å². The molecule has 0 aromatic carbocycles. The summed E-state index contributed by atoms with van der Waals surface area (Å²) in [6, 6.07) is 0. The third kappa shape index (κ3) is 4.82. The number of carbonyl (C=O) groups excluding carboxylic acids is 2. The fourth-order valence-corrected chi connectivity index (χ4v) is 0.742. The van der Waals surface area contributed by atoms with Crippen LogP contribution in [0.2, 0.25) is 0 Å². The summed E-state index contributed by atoms with van der Waals surface area (Å²) < 4.78 is 9.96. The van der Waals surface area contributed by atoms with Crippen LogP contribution in [0.1, 0.15) is 27.7 Å². The summed E-state index contributed by atoms with van der Waals surface area (Å²) in [7, 11) is 0. The van der Waals surface area contributed by atoms with Gasteiger partial charge in [-0.15, -0.1) is 0 Å². The highest BCUT2D eigenvalue weighted by molar-refractivity contribution is 5.88. The zero-order chi connectivity index (χ0) is 13.8. The second kappa shape index (κ2) is 5.63. The maximum Gasteiger partial charge on any atom is 0.334 e. The fourth-order valence-electron chi connectivity index (χ4n) is 0.742. The van der Waals surface area contributed by atoms with E-state index >= 15 is 0 Å². The van der Waals surface area contributed by atoms with Crippen LogP contribution < -0.4 is 5.73 Å². The first-order valence-electron chi connectivity index (χ1n) is 5.09. The van der Waals surface area contributed by atoms with Crippen molar-refractivity contribution in [2.24, 2.45) is 5.73 Å². The topological polar surface area (TPSA) is 78.6 Å². The number of hydrogen-bond donors (Lipinski definition) is 1. The second-order valence-electron chi connectivity index (χ2n) is 4.38. The number of rotatable bonds is 5. The summed E-state index contributed by atoms with van der Waals surface area (Å²) in [6.45, 7) is 13.0. The molecule has 0 aliphatic rings. The van der Waals surface area contributed by atoms with Crippen LogP contribution in [0.3, 0.4) is 0 Å². The molecular formula is C12H19NO4. The lowest BCUT2D eigenvalue weighted by atomic mass is 10.1. The van der Waals surface area contributed by atoms with Gasteiger partial charge in [0.1, 0.15) is 0 Å². The lowest BCUT2D eigenvalue weighted by Crippen LogP contribution is -2.49. The number of hydrogen-bond acceptors (Lipinski definition) is 5. The highest BCUT2D eigenvalue weighted by Gasteiger charge is 2.34. The molecule has 1 atom stereocenters. The molecule has 2 N–H and O–H groups in total. The van der Waals surface area contributed by atoms with Crippen molar-refractivity contribution in [3.63, 3.8) is 0 Å². The fraction of sp³-hybridized carbons (Fsp3) is 0.500. The third-order valence-corrected chi connectivity index (χ3v) is 1.97. The minimum Gasteiger partial charge on any atom is -0.451 e. The van der Waals surface area contributed by atoms with E-state index in [4.69, 9.17) is 15.2 Å². The van der Waals surface area contributed by atoms with Gasteiger partial charge in [0.05, 0.1) is 0 Å². The molecule has 17 heavy (non-hydrogen) atoms. The summed E-state index contributed by atoms with van der Waals surface area (Å²) in [5.41, 5.74) is 4.98. The van der Waals surface area contributed by atoms with Crippen molar-refractivity contribution in [1.82, 2.24) is 0 Å². The van der Waals surface area contributed by atoms with Gasteiger partial charge >= 0.3 is 11.9 Å². The minimum absolute atomic E-state index is 0.225. The van der Waals surface area contributed by atoms with Crippen molar-refractivity contribution in [2.75, 3.05) is 0 Å². The van der Waals surface area contributed by atoms with Crippen molar-refractivity contribution >= 4 is 11.9 Å². The summed E-state index contributed by atoms with van der Waals surface area (Å²) >= 11 is 0. The molecule has 0 aliphatic heterocycles. The molecule has 0 radical (unpaired) electrons. The van der Waals surface area contributed by atoms with Gasteiger partial charge in [-0.1, -0.05) is 13.2 Å². The molecule has 0 amide bonds. The average molecular weight is 241 g/mol. The molecule has 0 heterocycles. The molecule has 0 spiro atoms. The minimum atomic E-state index is -1.14. The average Bonchev–Trinajstić information content (AvgIpc) is 2.16. The Morgan fingerprint density at radius 3 is 1.88 bits per heavy atom. The molecule has 96 valence electrons. The zero-order valence-electron chi connectivity index (χ0n) is 10.7. The van der Waals surface area contributed by atoms with Gasteiger partial charge in [-0.05, 0) is 27.7 Å². The van der Waals surface area contributed by atoms with E-state index in [0.29, 0.717) is 0 Å². The van der Waals surface area contributed by atoms with E-state index in [1.807, 2.05) is 0 Å². The van der Waals surface area contributed by atoms with Gasteiger partial charge in [0.25, 0.3) is 0 Å². The van der Waals surface area contributed by atoms with E-state index in [1.54, 1.807) is 13.8 Å². The largest absolute Gasteiger partial charge is 0.451 e. The molecule has 0 fully saturated rings. The molecular weight excluding hydrogens is 222 g/mol. The van der Waals surface area contributed by atoms with Gasteiger partial charge in [-0.2, -0.15) is 0 Å². The van der Waals surface area contributed by atoms with Gasteiger partial charge in [0.2, 0.25) is 0 Å². The Bertz CT molecular complexity index is 358. The SMILES string of the molecule is C=C(C)C(=O)OC(N)C(C)(C)OC(=O)C(=C)C. The molecule has 5 nitrogen and oxygen atoms in total. The third-order valence-electron chi connectivity index (χ3n) is 1.97. The second-order valence-corrected chi connectivity index (χ2v) is 4.38. The van der Waals surface area contributed by atoms with E-state index in [1.165, 1.54) is 13.8 Å². The van der Waals surface area contributed by atoms with Crippen molar-refractivity contribution in [1.29, 1.82) is 0 Å². The molecule has 0 aromatic rings. The molecule has 0 rings (SSSR count). The maximum absolute atomic E-state index is 11.3. The van der Waals surface area contributed by atoms with Crippen molar-refractivity contribution in [3.05, 3.63) is 24.3 Å². The Balaban J connectivity index is 4.60. The molecule has 0 aliphatic carbocycles. The van der Waals surface area contributed by atoms with Gasteiger partial charge in [-0.25, -0.2) is 9.59 Å². The summed E-state index contributed by atoms with van der Waals surface area (Å²) in [6.07, 6.45) is -1.07. The Morgan fingerprint density at radius 1 is 1.12 bits per heavy atom. The highest BCUT2D eigenvalue weighted by Crippen LogP contribution is 2.17. The first-order valence-corrected chi connectivity index (χ1v) is 5.09. The summed E-state index contributed by atoms with van der Waals surface area (Å²) in [5, 5.41) is 0. The van der Waals surface area contributed by atoms with Crippen molar-refractivity contribution in [2.45, 2.75) is 39.5 Å². The van der Waals surface area contributed by atoms with Crippen molar-refractivity contribution in [3.8, 4) is 0 Å². The normalized spacial score (nSPS) is 12.5. The monoisotopic (exact) mass is 241 g/mol. The lowest BCUT2D eigenvalue weighted by Gasteiger charge is -2.30. The summed E-state index contributed by atoms with van der Waals surface area (Å²) in [4.78, 5) is 22.6. The van der Waals surface area contributed by atoms with Crippen LogP contribution in [0.25, 0.3) is 0 Å². The van der Waals surface area contributed by atoms with E-state index < -0.39 is 23.8 Å². The standard InChI is InChI=1S/C12H19NO4/c1-7(2)9(14)16-11(13)12(5,6)17-10(15)8(3)4/h11H,1,3,13H2,2,4-6H3. The number of ether oxygens (including phenoxy) is 2. The van der Waals surface area contributed by atoms with Crippen LogP contribution in [0.4, 0.5) is 0 Å². The Labute approximate surface area is 101 Å². The van der Waals surface area contributed by atoms with E-state index in [0.717, 1.165) is 0 Å². The first-order chi connectivity index (χ1) is 7.58. The van der Waals surface area contributed by atoms with Crippen LogP contribution in [0.15, 0.2) is 24.3 Å². The van der Waals surface area contributed by atoms with Gasteiger partial charge < -0.3 is 9.47 Å². The van der Waals surface area contributed by atoms with Crippen LogP contribution in [-0.4, -0.2) is 23.8 Å². The predicted octanol–water partition coefficient (Wildman–Crippen LogP) is 1.29. The van der Waals surface area contributed by atoms with Gasteiger partial charge in [0.15, 0.2) is 11.8 Å². The molecule has 5 heteroatoms. The van der Waals surface area contributed by atoms with Crippen LogP contribution in [-0.2, 0) is 19.1 Å². The number of esters is 2. The smallest absolute Gasteiger partial charge is 0.334 e. The first kappa shape index (κ1) is 15.4. The van der Waals surface area contributed by atoms with Gasteiger partial charge in [-0.3, -0.25) is 5.73 Å². The highest BCUT2D eigenvalue weighted by atomic mass is 16.6. The lowest BCUT2D eigenvalue weighted by molar-refractivity contribution is -0.175. The Kier molecular flexibility index (Phi) is 5.10. The predicted molar refractivity (Wildman–Crippen MR) is 63.9 cm³/mol. The molecule has 0 saturated heterocycles. The zero-order valence-corrected chi connectivity index (χ0v) is 10.7. The molecule has 0 bridgehead atoms. The number of nitrogens with two attached hydrogens (primary N) is 1. The van der Waals surface area contributed by atoms with Crippen molar-refractivity contribution < 1.29 is 19.1 Å². The Morgan fingerprint density at radius 2 is 1.53 bits per heavy atom. The molecule has 1 unspecified atom stereocenters.